The van der Waals surface area contributed by atoms with Gasteiger partial charge in [0, 0.05) is 17.8 Å². The number of benzene rings is 1. The Morgan fingerprint density at radius 3 is 2.65 bits per heavy atom. The van der Waals surface area contributed by atoms with Crippen LogP contribution in [0.15, 0.2) is 24.3 Å². The van der Waals surface area contributed by atoms with E-state index < -0.39 is 0 Å². The number of rotatable bonds is 5. The average Bonchev–Trinajstić information content (AvgIpc) is 2.14. The number of carbonyl (C=O) groups is 2. The van der Waals surface area contributed by atoms with Crippen LogP contribution in [0.5, 0.6) is 0 Å². The second-order valence-corrected chi connectivity index (χ2v) is 4.49. The van der Waals surface area contributed by atoms with Gasteiger partial charge in [-0.15, -0.1) is 0 Å². The molecule has 0 saturated carbocycles. The molecule has 0 saturated heterocycles. The first kappa shape index (κ1) is 13.2. The number of nitrogens with two attached hydrogens (primary N) is 1. The van der Waals surface area contributed by atoms with Crippen molar-refractivity contribution >= 4 is 23.1 Å². The van der Waals surface area contributed by atoms with E-state index in [9.17, 15) is 9.59 Å². The maximum Gasteiger partial charge on any atom is 0.231 e. The fourth-order valence-electron chi connectivity index (χ4n) is 1.53. The average molecular weight is 234 g/mol. The SMILES string of the molecule is CC(C)CC(=O)CC(=O)Nc1cccc(N)c1. The Morgan fingerprint density at radius 2 is 2.06 bits per heavy atom. The Morgan fingerprint density at radius 1 is 1.35 bits per heavy atom. The van der Waals surface area contributed by atoms with Gasteiger partial charge < -0.3 is 11.1 Å². The summed E-state index contributed by atoms with van der Waals surface area (Å²) in [6.07, 6.45) is 0.358. The molecule has 3 N–H and O–H groups in total. The summed E-state index contributed by atoms with van der Waals surface area (Å²) in [6, 6.07) is 6.88. The van der Waals surface area contributed by atoms with Gasteiger partial charge in [-0.1, -0.05) is 19.9 Å². The third-order valence-corrected chi connectivity index (χ3v) is 2.16. The molecule has 0 radical (unpaired) electrons. The highest BCUT2D eigenvalue weighted by Gasteiger charge is 2.11. The van der Waals surface area contributed by atoms with Crippen molar-refractivity contribution < 1.29 is 9.59 Å². The smallest absolute Gasteiger partial charge is 0.231 e. The molecule has 0 aliphatic rings. The summed E-state index contributed by atoms with van der Waals surface area (Å²) >= 11 is 0. The molecular weight excluding hydrogens is 216 g/mol. The lowest BCUT2D eigenvalue weighted by Gasteiger charge is -2.06. The zero-order valence-electron chi connectivity index (χ0n) is 10.2. The molecule has 0 heterocycles. The van der Waals surface area contributed by atoms with Crippen LogP contribution in [0.2, 0.25) is 0 Å². The van der Waals surface area contributed by atoms with Crippen molar-refractivity contribution in [2.75, 3.05) is 11.1 Å². The molecule has 0 aromatic heterocycles. The minimum Gasteiger partial charge on any atom is -0.399 e. The van der Waals surface area contributed by atoms with Crippen LogP contribution in [0.1, 0.15) is 26.7 Å². The molecule has 0 fully saturated rings. The zero-order chi connectivity index (χ0) is 12.8. The summed E-state index contributed by atoms with van der Waals surface area (Å²) in [6.45, 7) is 3.90. The second-order valence-electron chi connectivity index (χ2n) is 4.49. The fourth-order valence-corrected chi connectivity index (χ4v) is 1.53. The summed E-state index contributed by atoms with van der Waals surface area (Å²) in [5.74, 6) is -0.0506. The van der Waals surface area contributed by atoms with Crippen molar-refractivity contribution in [1.29, 1.82) is 0 Å². The van der Waals surface area contributed by atoms with Crippen LogP contribution in [0.3, 0.4) is 0 Å². The van der Waals surface area contributed by atoms with Gasteiger partial charge in [-0.05, 0) is 24.1 Å². The maximum absolute atomic E-state index is 11.5. The van der Waals surface area contributed by atoms with Gasteiger partial charge in [0.05, 0.1) is 6.42 Å². The van der Waals surface area contributed by atoms with Gasteiger partial charge in [0.2, 0.25) is 5.91 Å². The van der Waals surface area contributed by atoms with E-state index in [1.54, 1.807) is 24.3 Å². The molecule has 0 spiro atoms. The van der Waals surface area contributed by atoms with Crippen molar-refractivity contribution in [1.82, 2.24) is 0 Å². The molecule has 0 aliphatic carbocycles. The van der Waals surface area contributed by atoms with Gasteiger partial charge in [0.15, 0.2) is 0 Å². The van der Waals surface area contributed by atoms with Crippen LogP contribution in [0.25, 0.3) is 0 Å². The topological polar surface area (TPSA) is 72.2 Å². The second kappa shape index (κ2) is 6.03. The van der Waals surface area contributed by atoms with E-state index in [4.69, 9.17) is 5.73 Å². The number of Topliss-reactive ketones (excluding diaryl/α,β-unsaturated/α-hetero) is 1. The summed E-state index contributed by atoms with van der Waals surface area (Å²) in [5.41, 5.74) is 6.78. The lowest BCUT2D eigenvalue weighted by molar-refractivity contribution is -0.125. The van der Waals surface area contributed by atoms with Crippen LogP contribution in [0.4, 0.5) is 11.4 Å². The minimum atomic E-state index is -0.291. The number of nitrogens with one attached hydrogen (secondary N) is 1. The maximum atomic E-state index is 11.5. The third-order valence-electron chi connectivity index (χ3n) is 2.16. The summed E-state index contributed by atoms with van der Waals surface area (Å²) < 4.78 is 0. The molecule has 4 heteroatoms. The third kappa shape index (κ3) is 5.15. The Balaban J connectivity index is 2.47. The van der Waals surface area contributed by atoms with Crippen LogP contribution >= 0.6 is 0 Å². The normalized spacial score (nSPS) is 10.3. The quantitative estimate of drug-likeness (QED) is 0.606. The lowest BCUT2D eigenvalue weighted by atomic mass is 10.1. The van der Waals surface area contributed by atoms with Gasteiger partial charge >= 0.3 is 0 Å². The Kier molecular flexibility index (Phi) is 4.69. The van der Waals surface area contributed by atoms with Gasteiger partial charge in [0.25, 0.3) is 0 Å². The molecule has 17 heavy (non-hydrogen) atoms. The van der Waals surface area contributed by atoms with Gasteiger partial charge in [-0.25, -0.2) is 0 Å². The number of ketones is 1. The van der Waals surface area contributed by atoms with Gasteiger partial charge in [-0.3, -0.25) is 9.59 Å². The molecule has 1 rings (SSSR count). The van der Waals surface area contributed by atoms with E-state index in [1.807, 2.05) is 13.8 Å². The highest BCUT2D eigenvalue weighted by molar-refractivity contribution is 6.04. The summed E-state index contributed by atoms with van der Waals surface area (Å²) in [5, 5.41) is 2.65. The molecule has 0 aliphatic heterocycles. The lowest BCUT2D eigenvalue weighted by Crippen LogP contribution is -2.17. The van der Waals surface area contributed by atoms with Gasteiger partial charge in [-0.2, -0.15) is 0 Å². The molecule has 1 amide bonds. The van der Waals surface area contributed by atoms with Crippen LogP contribution in [-0.2, 0) is 9.59 Å². The first-order chi connectivity index (χ1) is 7.97. The van der Waals surface area contributed by atoms with Crippen LogP contribution in [-0.4, -0.2) is 11.7 Å². The fraction of sp³-hybridized carbons (Fsp3) is 0.385. The monoisotopic (exact) mass is 234 g/mol. The van der Waals surface area contributed by atoms with E-state index in [1.165, 1.54) is 0 Å². The van der Waals surface area contributed by atoms with E-state index in [0.29, 0.717) is 17.8 Å². The first-order valence-corrected chi connectivity index (χ1v) is 5.64. The molecule has 0 unspecified atom stereocenters. The van der Waals surface area contributed by atoms with Crippen molar-refractivity contribution in [3.8, 4) is 0 Å². The number of anilines is 2. The van der Waals surface area contributed by atoms with Crippen molar-refractivity contribution in [2.24, 2.45) is 5.92 Å². The zero-order valence-corrected chi connectivity index (χ0v) is 10.2. The predicted octanol–water partition coefficient (Wildman–Crippen LogP) is 2.21. The van der Waals surface area contributed by atoms with Crippen molar-refractivity contribution in [2.45, 2.75) is 26.7 Å². The van der Waals surface area contributed by atoms with Crippen molar-refractivity contribution in [3.63, 3.8) is 0 Å². The Hall–Kier alpha value is -1.84. The highest BCUT2D eigenvalue weighted by atomic mass is 16.2. The van der Waals surface area contributed by atoms with E-state index in [2.05, 4.69) is 5.32 Å². The van der Waals surface area contributed by atoms with E-state index in [0.717, 1.165) is 0 Å². The van der Waals surface area contributed by atoms with Crippen molar-refractivity contribution in [3.05, 3.63) is 24.3 Å². The molecule has 0 bridgehead atoms. The summed E-state index contributed by atoms with van der Waals surface area (Å²) in [4.78, 5) is 23.0. The van der Waals surface area contributed by atoms with Crippen LogP contribution < -0.4 is 11.1 Å². The Bertz CT molecular complexity index is 414. The van der Waals surface area contributed by atoms with E-state index in [-0.39, 0.29) is 24.0 Å². The molecule has 1 aromatic carbocycles. The standard InChI is InChI=1S/C13H18N2O2/c1-9(2)6-12(16)8-13(17)15-11-5-3-4-10(14)7-11/h3-5,7,9H,6,8,14H2,1-2H3,(H,15,17). The molecule has 4 nitrogen and oxygen atoms in total. The number of carbonyl (C=O) groups excluding carboxylic acids is 2. The molecule has 1 aromatic rings. The van der Waals surface area contributed by atoms with Crippen LogP contribution in [0, 0.1) is 5.92 Å². The predicted molar refractivity (Wildman–Crippen MR) is 68.6 cm³/mol. The summed E-state index contributed by atoms with van der Waals surface area (Å²) in [7, 11) is 0. The number of hydrogen-bond acceptors (Lipinski definition) is 3. The number of amides is 1. The molecule has 92 valence electrons. The molecule has 0 atom stereocenters. The Labute approximate surface area is 101 Å². The molecular formula is C13H18N2O2. The number of hydrogen-bond donors (Lipinski definition) is 2. The largest absolute Gasteiger partial charge is 0.399 e. The first-order valence-electron chi connectivity index (χ1n) is 5.64. The number of nitrogen functional groups attached to an aromatic ring is 1. The highest BCUT2D eigenvalue weighted by Crippen LogP contribution is 2.12. The van der Waals surface area contributed by atoms with Gasteiger partial charge in [0.1, 0.15) is 5.78 Å². The van der Waals surface area contributed by atoms with E-state index >= 15 is 0 Å². The minimum absolute atomic E-state index is 0.0404.